The smallest absolute Gasteiger partial charge is 0.231 e. The van der Waals surface area contributed by atoms with Crippen molar-refractivity contribution in [3.05, 3.63) is 29.8 Å². The van der Waals surface area contributed by atoms with Crippen LogP contribution in [0.3, 0.4) is 0 Å². The Morgan fingerprint density at radius 1 is 1.39 bits per heavy atom. The van der Waals surface area contributed by atoms with Crippen LogP contribution < -0.4 is 11.5 Å². The van der Waals surface area contributed by atoms with E-state index in [1.165, 1.54) is 19.3 Å². The Morgan fingerprint density at radius 3 is 2.72 bits per heavy atom. The first-order chi connectivity index (χ1) is 8.63. The highest BCUT2D eigenvalue weighted by molar-refractivity contribution is 5.75. The first kappa shape index (κ1) is 12.9. The zero-order chi connectivity index (χ0) is 13.0. The van der Waals surface area contributed by atoms with Crippen molar-refractivity contribution in [2.45, 2.75) is 25.8 Å². The van der Waals surface area contributed by atoms with E-state index in [1.807, 2.05) is 24.3 Å². The number of primary amides is 1. The van der Waals surface area contributed by atoms with Crippen molar-refractivity contribution in [2.75, 3.05) is 18.8 Å². The highest BCUT2D eigenvalue weighted by Crippen LogP contribution is 2.27. The van der Waals surface area contributed by atoms with Crippen LogP contribution in [0.15, 0.2) is 24.3 Å². The molecule has 0 radical (unpaired) electrons. The van der Waals surface area contributed by atoms with Crippen LogP contribution in [0.5, 0.6) is 0 Å². The number of benzene rings is 1. The topological polar surface area (TPSA) is 72.4 Å². The number of nitrogens with two attached hydrogens (primary N) is 2. The summed E-state index contributed by atoms with van der Waals surface area (Å²) >= 11 is 0. The fourth-order valence-electron chi connectivity index (χ4n) is 2.40. The maximum atomic E-state index is 11.1. The second-order valence-corrected chi connectivity index (χ2v) is 5.18. The summed E-state index contributed by atoms with van der Waals surface area (Å²) in [6.07, 6.45) is 3.85. The van der Waals surface area contributed by atoms with Crippen LogP contribution in [-0.4, -0.2) is 23.9 Å². The normalized spacial score (nSPS) is 15.6. The first-order valence-corrected chi connectivity index (χ1v) is 6.48. The molecule has 1 aromatic rings. The van der Waals surface area contributed by atoms with Crippen molar-refractivity contribution in [3.8, 4) is 0 Å². The molecule has 0 atom stereocenters. The van der Waals surface area contributed by atoms with E-state index in [-0.39, 0.29) is 5.91 Å². The minimum absolute atomic E-state index is 0.266. The van der Waals surface area contributed by atoms with Crippen molar-refractivity contribution in [2.24, 2.45) is 11.7 Å². The van der Waals surface area contributed by atoms with Gasteiger partial charge < -0.3 is 11.5 Å². The van der Waals surface area contributed by atoms with E-state index in [0.29, 0.717) is 6.54 Å². The highest BCUT2D eigenvalue weighted by Gasteiger charge is 2.21. The maximum Gasteiger partial charge on any atom is 0.231 e. The average Bonchev–Trinajstić information content (AvgIpc) is 2.22. The lowest BCUT2D eigenvalue weighted by Gasteiger charge is -2.31. The molecule has 0 unspecified atom stereocenters. The molecule has 98 valence electrons. The van der Waals surface area contributed by atoms with Crippen LogP contribution in [-0.2, 0) is 11.3 Å². The predicted molar refractivity (Wildman–Crippen MR) is 72.7 cm³/mol. The van der Waals surface area contributed by atoms with Crippen LogP contribution in [0.25, 0.3) is 0 Å². The Bertz CT molecular complexity index is 415. The number of anilines is 1. The molecule has 1 aliphatic rings. The van der Waals surface area contributed by atoms with Gasteiger partial charge in [-0.1, -0.05) is 18.6 Å². The van der Waals surface area contributed by atoms with Crippen LogP contribution in [0.1, 0.15) is 24.8 Å². The molecule has 0 aliphatic heterocycles. The summed E-state index contributed by atoms with van der Waals surface area (Å²) in [7, 11) is 0. The molecule has 0 saturated heterocycles. The summed E-state index contributed by atoms with van der Waals surface area (Å²) in [4.78, 5) is 13.2. The molecule has 0 heterocycles. The van der Waals surface area contributed by atoms with Crippen molar-refractivity contribution >= 4 is 11.6 Å². The van der Waals surface area contributed by atoms with Gasteiger partial charge in [-0.2, -0.15) is 0 Å². The lowest BCUT2D eigenvalue weighted by atomic mass is 9.85. The molecule has 0 bridgehead atoms. The monoisotopic (exact) mass is 247 g/mol. The third-order valence-electron chi connectivity index (χ3n) is 3.48. The van der Waals surface area contributed by atoms with Crippen molar-refractivity contribution in [3.63, 3.8) is 0 Å². The summed E-state index contributed by atoms with van der Waals surface area (Å²) in [5.41, 5.74) is 13.0. The van der Waals surface area contributed by atoms with Crippen LogP contribution >= 0.6 is 0 Å². The Kier molecular flexibility index (Phi) is 4.20. The van der Waals surface area contributed by atoms with Gasteiger partial charge in [-0.3, -0.25) is 9.69 Å². The summed E-state index contributed by atoms with van der Waals surface area (Å²) < 4.78 is 0. The standard InChI is InChI=1S/C14H21N3O/c15-13-6-2-5-12(7-13)9-17(10-14(16)18)8-11-3-1-4-11/h2,5-7,11H,1,3-4,8-10,15H2,(H2,16,18). The van der Waals surface area contributed by atoms with Crippen molar-refractivity contribution < 1.29 is 4.79 Å². The second kappa shape index (κ2) is 5.87. The predicted octanol–water partition coefficient (Wildman–Crippen LogP) is 1.36. The van der Waals surface area contributed by atoms with Gasteiger partial charge in [0.25, 0.3) is 0 Å². The first-order valence-electron chi connectivity index (χ1n) is 6.48. The molecule has 1 aromatic carbocycles. The second-order valence-electron chi connectivity index (χ2n) is 5.18. The summed E-state index contributed by atoms with van der Waals surface area (Å²) in [5.74, 6) is 0.462. The Labute approximate surface area is 108 Å². The lowest BCUT2D eigenvalue weighted by Crippen LogP contribution is -2.38. The van der Waals surface area contributed by atoms with Gasteiger partial charge in [-0.25, -0.2) is 0 Å². The largest absolute Gasteiger partial charge is 0.399 e. The molecule has 18 heavy (non-hydrogen) atoms. The van der Waals surface area contributed by atoms with E-state index in [9.17, 15) is 4.79 Å². The van der Waals surface area contributed by atoms with Gasteiger partial charge in [0, 0.05) is 18.8 Å². The molecule has 0 spiro atoms. The van der Waals surface area contributed by atoms with Gasteiger partial charge in [-0.15, -0.1) is 0 Å². The maximum absolute atomic E-state index is 11.1. The molecule has 1 saturated carbocycles. The SMILES string of the molecule is NC(=O)CN(Cc1cccc(N)c1)CC1CCC1. The van der Waals surface area contributed by atoms with E-state index in [2.05, 4.69) is 4.90 Å². The van der Waals surface area contributed by atoms with Gasteiger partial charge in [0.1, 0.15) is 0 Å². The zero-order valence-corrected chi connectivity index (χ0v) is 10.6. The van der Waals surface area contributed by atoms with E-state index in [0.717, 1.165) is 30.3 Å². The average molecular weight is 247 g/mol. The molecule has 4 nitrogen and oxygen atoms in total. The number of carbonyl (C=O) groups is 1. The van der Waals surface area contributed by atoms with E-state index < -0.39 is 0 Å². The third-order valence-corrected chi connectivity index (χ3v) is 3.48. The summed E-state index contributed by atoms with van der Waals surface area (Å²) in [5, 5.41) is 0. The molecule has 1 fully saturated rings. The summed E-state index contributed by atoms with van der Waals surface area (Å²) in [6, 6.07) is 7.80. The minimum atomic E-state index is -0.266. The molecular formula is C14H21N3O. The highest BCUT2D eigenvalue weighted by atomic mass is 16.1. The fourth-order valence-corrected chi connectivity index (χ4v) is 2.40. The quantitative estimate of drug-likeness (QED) is 0.745. The molecule has 1 amide bonds. The molecule has 4 N–H and O–H groups in total. The molecule has 4 heteroatoms. The van der Waals surface area contributed by atoms with Crippen LogP contribution in [0.2, 0.25) is 0 Å². The minimum Gasteiger partial charge on any atom is -0.399 e. The number of hydrogen-bond acceptors (Lipinski definition) is 3. The van der Waals surface area contributed by atoms with E-state index >= 15 is 0 Å². The number of amides is 1. The van der Waals surface area contributed by atoms with Crippen molar-refractivity contribution in [1.29, 1.82) is 0 Å². The number of nitrogens with zero attached hydrogens (tertiary/aromatic N) is 1. The lowest BCUT2D eigenvalue weighted by molar-refractivity contribution is -0.119. The number of hydrogen-bond donors (Lipinski definition) is 2. The van der Waals surface area contributed by atoms with Gasteiger partial charge >= 0.3 is 0 Å². The van der Waals surface area contributed by atoms with Gasteiger partial charge in [-0.05, 0) is 36.5 Å². The Hall–Kier alpha value is -1.55. The van der Waals surface area contributed by atoms with Crippen molar-refractivity contribution in [1.82, 2.24) is 4.90 Å². The number of nitrogen functional groups attached to an aromatic ring is 1. The van der Waals surface area contributed by atoms with Crippen LogP contribution in [0, 0.1) is 5.92 Å². The zero-order valence-electron chi connectivity index (χ0n) is 10.6. The third kappa shape index (κ3) is 3.74. The molecule has 0 aromatic heterocycles. The Balaban J connectivity index is 1.96. The van der Waals surface area contributed by atoms with Gasteiger partial charge in [0.15, 0.2) is 0 Å². The fraction of sp³-hybridized carbons (Fsp3) is 0.500. The number of rotatable bonds is 6. The van der Waals surface area contributed by atoms with Gasteiger partial charge in [0.2, 0.25) is 5.91 Å². The molecule has 2 rings (SSSR count). The molecular weight excluding hydrogens is 226 g/mol. The number of carbonyl (C=O) groups excluding carboxylic acids is 1. The summed E-state index contributed by atoms with van der Waals surface area (Å²) in [6.45, 7) is 2.02. The molecule has 1 aliphatic carbocycles. The van der Waals surface area contributed by atoms with Crippen LogP contribution in [0.4, 0.5) is 5.69 Å². The van der Waals surface area contributed by atoms with Gasteiger partial charge in [0.05, 0.1) is 6.54 Å². The Morgan fingerprint density at radius 2 is 2.17 bits per heavy atom. The van der Waals surface area contributed by atoms with E-state index in [4.69, 9.17) is 11.5 Å². The van der Waals surface area contributed by atoms with E-state index in [1.54, 1.807) is 0 Å².